The van der Waals surface area contributed by atoms with Crippen molar-refractivity contribution < 1.29 is 4.79 Å². The summed E-state index contributed by atoms with van der Waals surface area (Å²) in [6, 6.07) is 9.01. The van der Waals surface area contributed by atoms with Crippen LogP contribution in [0, 0.1) is 13.8 Å². The highest BCUT2D eigenvalue weighted by Gasteiger charge is 2.15. The quantitative estimate of drug-likeness (QED) is 0.702. The molecule has 0 aliphatic rings. The largest absolute Gasteiger partial charge is 0.398 e. The summed E-state index contributed by atoms with van der Waals surface area (Å²) in [7, 11) is 0. The SMILES string of the molecule is Cc1nn(Cc2ccc(C(N)=O)cn2)c(C)c1-c1ccc(N)c(Cl)c1. The number of nitrogens with two attached hydrogens (primary N) is 2. The van der Waals surface area contributed by atoms with E-state index in [-0.39, 0.29) is 0 Å². The van der Waals surface area contributed by atoms with Gasteiger partial charge in [0.2, 0.25) is 5.91 Å². The Morgan fingerprint density at radius 3 is 2.60 bits per heavy atom. The lowest BCUT2D eigenvalue weighted by atomic mass is 10.0. The van der Waals surface area contributed by atoms with Crippen LogP contribution >= 0.6 is 11.6 Å². The van der Waals surface area contributed by atoms with Crippen LogP contribution in [0.15, 0.2) is 36.5 Å². The number of pyridine rings is 1. The van der Waals surface area contributed by atoms with Gasteiger partial charge in [-0.25, -0.2) is 0 Å². The van der Waals surface area contributed by atoms with Gasteiger partial charge in [-0.2, -0.15) is 5.10 Å². The highest BCUT2D eigenvalue weighted by molar-refractivity contribution is 6.33. The van der Waals surface area contributed by atoms with Crippen LogP contribution < -0.4 is 11.5 Å². The fourth-order valence-corrected chi connectivity index (χ4v) is 2.95. The van der Waals surface area contributed by atoms with Crippen molar-refractivity contribution in [3.05, 3.63) is 64.2 Å². The van der Waals surface area contributed by atoms with Crippen LogP contribution in [-0.2, 0) is 6.54 Å². The fraction of sp³-hybridized carbons (Fsp3) is 0.167. The zero-order valence-electron chi connectivity index (χ0n) is 14.0. The molecule has 0 unspecified atom stereocenters. The van der Waals surface area contributed by atoms with Crippen molar-refractivity contribution in [3.8, 4) is 11.1 Å². The highest BCUT2D eigenvalue weighted by atomic mass is 35.5. The molecule has 6 nitrogen and oxygen atoms in total. The van der Waals surface area contributed by atoms with Crippen LogP contribution in [0.1, 0.15) is 27.4 Å². The number of aryl methyl sites for hydroxylation is 1. The van der Waals surface area contributed by atoms with E-state index in [9.17, 15) is 4.79 Å². The number of anilines is 1. The van der Waals surface area contributed by atoms with Crippen LogP contribution in [0.4, 0.5) is 5.69 Å². The number of amides is 1. The average molecular weight is 356 g/mol. The van der Waals surface area contributed by atoms with Gasteiger partial charge in [-0.3, -0.25) is 14.5 Å². The summed E-state index contributed by atoms with van der Waals surface area (Å²) in [5, 5.41) is 5.12. The van der Waals surface area contributed by atoms with Gasteiger partial charge < -0.3 is 11.5 Å². The number of carbonyl (C=O) groups excluding carboxylic acids is 1. The van der Waals surface area contributed by atoms with Gasteiger partial charge in [0.05, 0.1) is 34.2 Å². The van der Waals surface area contributed by atoms with Gasteiger partial charge in [-0.1, -0.05) is 17.7 Å². The summed E-state index contributed by atoms with van der Waals surface area (Å²) >= 11 is 6.15. The maximum Gasteiger partial charge on any atom is 0.250 e. The number of rotatable bonds is 4. The number of carbonyl (C=O) groups is 1. The molecule has 0 fully saturated rings. The van der Waals surface area contributed by atoms with Crippen molar-refractivity contribution in [2.45, 2.75) is 20.4 Å². The van der Waals surface area contributed by atoms with E-state index >= 15 is 0 Å². The lowest BCUT2D eigenvalue weighted by Gasteiger charge is -2.07. The number of primary amides is 1. The molecule has 1 aromatic carbocycles. The molecule has 128 valence electrons. The van der Waals surface area contributed by atoms with E-state index in [1.807, 2.05) is 30.7 Å². The molecule has 3 aromatic rings. The summed E-state index contributed by atoms with van der Waals surface area (Å²) in [5.74, 6) is -0.493. The number of halogens is 1. The minimum atomic E-state index is -0.493. The Hall–Kier alpha value is -2.86. The number of nitrogen functional groups attached to an aromatic ring is 1. The molecule has 7 heteroatoms. The molecule has 0 aliphatic carbocycles. The molecule has 1 amide bonds. The molecule has 4 N–H and O–H groups in total. The van der Waals surface area contributed by atoms with Gasteiger partial charge in [0.1, 0.15) is 0 Å². The zero-order valence-corrected chi connectivity index (χ0v) is 14.7. The summed E-state index contributed by atoms with van der Waals surface area (Å²) in [5.41, 5.74) is 16.6. The smallest absolute Gasteiger partial charge is 0.250 e. The maximum absolute atomic E-state index is 11.1. The molecule has 0 spiro atoms. The van der Waals surface area contributed by atoms with Crippen LogP contribution in [0.5, 0.6) is 0 Å². The second-order valence-corrected chi connectivity index (χ2v) is 6.25. The number of nitrogens with zero attached hydrogens (tertiary/aromatic N) is 3. The third kappa shape index (κ3) is 3.34. The Kier molecular flexibility index (Phi) is 4.46. The van der Waals surface area contributed by atoms with Gasteiger partial charge in [0.15, 0.2) is 0 Å². The molecule has 2 aromatic heterocycles. The molecular formula is C18H18ClN5O. The van der Waals surface area contributed by atoms with E-state index in [4.69, 9.17) is 23.1 Å². The van der Waals surface area contributed by atoms with Crippen molar-refractivity contribution in [3.63, 3.8) is 0 Å². The van der Waals surface area contributed by atoms with Gasteiger partial charge in [-0.05, 0) is 43.7 Å². The monoisotopic (exact) mass is 355 g/mol. The Balaban J connectivity index is 1.94. The highest BCUT2D eigenvalue weighted by Crippen LogP contribution is 2.31. The summed E-state index contributed by atoms with van der Waals surface area (Å²) in [6.07, 6.45) is 1.48. The lowest BCUT2D eigenvalue weighted by Crippen LogP contribution is -2.12. The van der Waals surface area contributed by atoms with Gasteiger partial charge in [-0.15, -0.1) is 0 Å². The standard InChI is InChI=1S/C18H18ClN5O/c1-10-17(12-4-6-16(20)15(19)7-12)11(2)24(23-10)9-14-5-3-13(8-22-14)18(21)25/h3-8H,9,20H2,1-2H3,(H2,21,25). The van der Waals surface area contributed by atoms with Crippen molar-refractivity contribution in [2.75, 3.05) is 5.73 Å². The third-order valence-corrected chi connectivity index (χ3v) is 4.42. The van der Waals surface area contributed by atoms with Gasteiger partial charge >= 0.3 is 0 Å². The summed E-state index contributed by atoms with van der Waals surface area (Å²) in [6.45, 7) is 4.44. The molecule has 0 saturated carbocycles. The Morgan fingerprint density at radius 2 is 2.00 bits per heavy atom. The molecule has 0 aliphatic heterocycles. The lowest BCUT2D eigenvalue weighted by molar-refractivity contribution is 0.1000. The van der Waals surface area contributed by atoms with Crippen molar-refractivity contribution in [2.24, 2.45) is 5.73 Å². The first kappa shape index (κ1) is 17.0. The minimum Gasteiger partial charge on any atom is -0.398 e. The molecule has 0 bridgehead atoms. The number of benzene rings is 1. The molecule has 25 heavy (non-hydrogen) atoms. The minimum absolute atomic E-state index is 0.384. The number of hydrogen-bond acceptors (Lipinski definition) is 4. The van der Waals surface area contributed by atoms with Gasteiger partial charge in [0.25, 0.3) is 0 Å². The topological polar surface area (TPSA) is 99.8 Å². The van der Waals surface area contributed by atoms with E-state index in [1.165, 1.54) is 6.20 Å². The molecule has 0 radical (unpaired) electrons. The normalized spacial score (nSPS) is 10.8. The van der Waals surface area contributed by atoms with Crippen LogP contribution in [0.2, 0.25) is 5.02 Å². The molecule has 0 saturated heterocycles. The van der Waals surface area contributed by atoms with Crippen molar-refractivity contribution >= 4 is 23.2 Å². The fourth-order valence-electron chi connectivity index (χ4n) is 2.77. The predicted molar refractivity (Wildman–Crippen MR) is 98.4 cm³/mol. The van der Waals surface area contributed by atoms with Crippen LogP contribution in [-0.4, -0.2) is 20.7 Å². The van der Waals surface area contributed by atoms with E-state index < -0.39 is 5.91 Å². The van der Waals surface area contributed by atoms with Crippen molar-refractivity contribution in [1.82, 2.24) is 14.8 Å². The molecule has 3 rings (SSSR count). The van der Waals surface area contributed by atoms with E-state index in [0.29, 0.717) is 22.8 Å². The van der Waals surface area contributed by atoms with Gasteiger partial charge in [0, 0.05) is 17.5 Å². The summed E-state index contributed by atoms with van der Waals surface area (Å²) < 4.78 is 1.88. The first-order valence-corrected chi connectivity index (χ1v) is 8.08. The zero-order chi connectivity index (χ0) is 18.1. The molecule has 0 atom stereocenters. The van der Waals surface area contributed by atoms with Crippen molar-refractivity contribution in [1.29, 1.82) is 0 Å². The molecular weight excluding hydrogens is 338 g/mol. The number of aromatic nitrogens is 3. The number of hydrogen-bond donors (Lipinski definition) is 2. The Bertz CT molecular complexity index is 947. The van der Waals surface area contributed by atoms with E-state index in [2.05, 4.69) is 10.1 Å². The second kappa shape index (κ2) is 6.57. The first-order valence-electron chi connectivity index (χ1n) is 7.71. The van der Waals surface area contributed by atoms with Crippen LogP contribution in [0.25, 0.3) is 11.1 Å². The molecule has 2 heterocycles. The summed E-state index contributed by atoms with van der Waals surface area (Å²) in [4.78, 5) is 15.4. The maximum atomic E-state index is 11.1. The Morgan fingerprint density at radius 1 is 1.24 bits per heavy atom. The third-order valence-electron chi connectivity index (χ3n) is 4.09. The Labute approximate surface area is 150 Å². The second-order valence-electron chi connectivity index (χ2n) is 5.84. The van der Waals surface area contributed by atoms with E-state index in [1.54, 1.807) is 18.2 Å². The predicted octanol–water partition coefficient (Wildman–Crippen LogP) is 2.94. The average Bonchev–Trinajstić information content (AvgIpc) is 2.85. The van der Waals surface area contributed by atoms with Crippen LogP contribution in [0.3, 0.4) is 0 Å². The first-order chi connectivity index (χ1) is 11.9. The van der Waals surface area contributed by atoms with E-state index in [0.717, 1.165) is 28.2 Å².